The number of amidine groups is 1. The maximum atomic E-state index is 12.6. The molecule has 0 spiro atoms. The summed E-state index contributed by atoms with van der Waals surface area (Å²) in [5, 5.41) is 32.7. The molecule has 0 fully saturated rings. The van der Waals surface area contributed by atoms with Crippen molar-refractivity contribution in [3.05, 3.63) is 71.3 Å². The second-order valence-corrected chi connectivity index (χ2v) is 7.48. The van der Waals surface area contributed by atoms with Gasteiger partial charge in [0.15, 0.2) is 0 Å². The number of hydrogen-bond acceptors (Lipinski definition) is 6. The van der Waals surface area contributed by atoms with Crippen LogP contribution < -0.4 is 21.7 Å². The molecule has 0 bridgehead atoms. The van der Waals surface area contributed by atoms with Gasteiger partial charge in [0, 0.05) is 17.5 Å². The molecule has 0 aromatic heterocycles. The second kappa shape index (κ2) is 12.5. The van der Waals surface area contributed by atoms with Crippen molar-refractivity contribution in [3.8, 4) is 0 Å². The number of aliphatic carboxylic acids is 2. The zero-order chi connectivity index (χ0) is 26.0. The molecule has 0 aliphatic heterocycles. The summed E-state index contributed by atoms with van der Waals surface area (Å²) in [4.78, 5) is 59.9. The number of nitrogen functional groups attached to an aromatic ring is 1. The van der Waals surface area contributed by atoms with Gasteiger partial charge in [-0.15, -0.1) is 0 Å². The Bertz CT molecular complexity index is 1100. The van der Waals surface area contributed by atoms with Gasteiger partial charge >= 0.3 is 11.9 Å². The number of amides is 3. The molecule has 0 aliphatic carbocycles. The first-order chi connectivity index (χ1) is 16.6. The Balaban J connectivity index is 1.98. The molecule has 0 saturated carbocycles. The number of carboxylic acid groups (broad SMARTS) is 2. The van der Waals surface area contributed by atoms with E-state index in [2.05, 4.69) is 16.0 Å². The van der Waals surface area contributed by atoms with Gasteiger partial charge in [-0.1, -0.05) is 42.5 Å². The van der Waals surface area contributed by atoms with Gasteiger partial charge < -0.3 is 31.9 Å². The Morgan fingerprint density at radius 1 is 0.857 bits per heavy atom. The van der Waals surface area contributed by atoms with E-state index in [0.717, 1.165) is 0 Å². The van der Waals surface area contributed by atoms with Crippen LogP contribution in [-0.4, -0.2) is 64.3 Å². The molecule has 0 heterocycles. The third-order valence-electron chi connectivity index (χ3n) is 4.80. The van der Waals surface area contributed by atoms with Crippen molar-refractivity contribution in [2.24, 2.45) is 5.73 Å². The van der Waals surface area contributed by atoms with Crippen LogP contribution in [0.25, 0.3) is 0 Å². The van der Waals surface area contributed by atoms with E-state index in [-0.39, 0.29) is 17.8 Å². The average molecular weight is 483 g/mol. The fourth-order valence-electron chi connectivity index (χ4n) is 3.02. The molecule has 2 aromatic rings. The summed E-state index contributed by atoms with van der Waals surface area (Å²) in [6.45, 7) is -0.566. The zero-order valence-corrected chi connectivity index (χ0v) is 18.5. The molecule has 0 radical (unpaired) electrons. The van der Waals surface area contributed by atoms with Gasteiger partial charge in [0.25, 0.3) is 5.91 Å². The standard InChI is InChI=1S/C23H25N5O7/c24-20(25)14-6-8-15(9-7-14)21(32)26-12-18(29)27-16(11-19(30)31)22(33)28-17(23(34)35)10-13-4-2-1-3-5-13/h1-9,16-17H,10-12H2,(H3,24,25)(H,26,32)(H,27,29)(H,28,33)(H,30,31)(H,34,35)/t16-,17-/m0/s1. The molecular weight excluding hydrogens is 458 g/mol. The first kappa shape index (κ1) is 26.5. The number of nitrogens with one attached hydrogen (secondary N) is 4. The van der Waals surface area contributed by atoms with E-state index in [1.54, 1.807) is 30.3 Å². The summed E-state index contributed by atoms with van der Waals surface area (Å²) in [7, 11) is 0. The fraction of sp³-hybridized carbons (Fsp3) is 0.217. The normalized spacial score (nSPS) is 12.0. The van der Waals surface area contributed by atoms with E-state index < -0.39 is 54.7 Å². The molecule has 2 rings (SSSR count). The highest BCUT2D eigenvalue weighted by molar-refractivity contribution is 5.99. The van der Waals surface area contributed by atoms with Crippen LogP contribution >= 0.6 is 0 Å². The van der Waals surface area contributed by atoms with Crippen molar-refractivity contribution in [3.63, 3.8) is 0 Å². The van der Waals surface area contributed by atoms with Gasteiger partial charge in [-0.3, -0.25) is 24.6 Å². The first-order valence-electron chi connectivity index (χ1n) is 10.4. The molecule has 0 aliphatic rings. The number of rotatable bonds is 12. The minimum absolute atomic E-state index is 0.0475. The van der Waals surface area contributed by atoms with E-state index in [0.29, 0.717) is 11.1 Å². The number of hydrogen-bond donors (Lipinski definition) is 7. The van der Waals surface area contributed by atoms with Crippen LogP contribution in [0.15, 0.2) is 54.6 Å². The highest BCUT2D eigenvalue weighted by Crippen LogP contribution is 2.06. The predicted molar refractivity (Wildman–Crippen MR) is 124 cm³/mol. The monoisotopic (exact) mass is 483 g/mol. The van der Waals surface area contributed by atoms with Gasteiger partial charge in [0.1, 0.15) is 17.9 Å². The Labute approximate surface area is 200 Å². The van der Waals surface area contributed by atoms with Crippen LogP contribution in [0.4, 0.5) is 0 Å². The van der Waals surface area contributed by atoms with Crippen molar-refractivity contribution in [2.45, 2.75) is 24.9 Å². The summed E-state index contributed by atoms with van der Waals surface area (Å²) in [6.07, 6.45) is -0.843. The smallest absolute Gasteiger partial charge is 0.326 e. The largest absolute Gasteiger partial charge is 0.481 e. The van der Waals surface area contributed by atoms with Crippen LogP contribution in [0, 0.1) is 5.41 Å². The molecule has 3 amide bonds. The van der Waals surface area contributed by atoms with Gasteiger partial charge in [-0.2, -0.15) is 0 Å². The third-order valence-corrected chi connectivity index (χ3v) is 4.80. The maximum Gasteiger partial charge on any atom is 0.326 e. The van der Waals surface area contributed by atoms with E-state index >= 15 is 0 Å². The Kier molecular flexibility index (Phi) is 9.46. The van der Waals surface area contributed by atoms with Crippen molar-refractivity contribution >= 4 is 35.5 Å². The van der Waals surface area contributed by atoms with Gasteiger partial charge in [0.05, 0.1) is 13.0 Å². The number of nitrogens with two attached hydrogens (primary N) is 1. The molecule has 0 unspecified atom stereocenters. The SMILES string of the molecule is N=C(N)c1ccc(C(=O)NCC(=O)N[C@@H](CC(=O)O)C(=O)N[C@@H](Cc2ccccc2)C(=O)O)cc1. The average Bonchev–Trinajstić information content (AvgIpc) is 2.82. The first-order valence-corrected chi connectivity index (χ1v) is 10.4. The Morgan fingerprint density at radius 3 is 2.00 bits per heavy atom. The van der Waals surface area contributed by atoms with Gasteiger partial charge in [0.2, 0.25) is 11.8 Å². The summed E-state index contributed by atoms with van der Waals surface area (Å²) in [6, 6.07) is 11.3. The van der Waals surface area contributed by atoms with Crippen molar-refractivity contribution in [1.82, 2.24) is 16.0 Å². The molecular formula is C23H25N5O7. The molecule has 0 saturated heterocycles. The topological polar surface area (TPSA) is 212 Å². The molecule has 2 atom stereocenters. The third kappa shape index (κ3) is 8.61. The maximum absolute atomic E-state index is 12.6. The van der Waals surface area contributed by atoms with Crippen molar-refractivity contribution < 1.29 is 34.2 Å². The van der Waals surface area contributed by atoms with Gasteiger partial charge in [-0.05, 0) is 17.7 Å². The number of carboxylic acids is 2. The van der Waals surface area contributed by atoms with Crippen LogP contribution in [0.3, 0.4) is 0 Å². The van der Waals surface area contributed by atoms with E-state index in [9.17, 15) is 29.1 Å². The summed E-state index contributed by atoms with van der Waals surface area (Å²) < 4.78 is 0. The lowest BCUT2D eigenvalue weighted by Gasteiger charge is -2.20. The predicted octanol–water partition coefficient (Wildman–Crippen LogP) is -0.528. The van der Waals surface area contributed by atoms with E-state index in [1.165, 1.54) is 24.3 Å². The van der Waals surface area contributed by atoms with Crippen molar-refractivity contribution in [1.29, 1.82) is 5.41 Å². The Morgan fingerprint density at radius 2 is 1.46 bits per heavy atom. The summed E-state index contributed by atoms with van der Waals surface area (Å²) in [5.74, 6) is -5.36. The van der Waals surface area contributed by atoms with Gasteiger partial charge in [-0.25, -0.2) is 4.79 Å². The van der Waals surface area contributed by atoms with E-state index in [4.69, 9.17) is 16.2 Å². The lowest BCUT2D eigenvalue weighted by molar-refractivity contribution is -0.143. The molecule has 12 nitrogen and oxygen atoms in total. The molecule has 184 valence electrons. The molecule has 8 N–H and O–H groups in total. The quantitative estimate of drug-likeness (QED) is 0.154. The Hall–Kier alpha value is -4.74. The van der Waals surface area contributed by atoms with Crippen LogP contribution in [-0.2, 0) is 25.6 Å². The van der Waals surface area contributed by atoms with Crippen LogP contribution in [0.2, 0.25) is 0 Å². The number of carbonyl (C=O) groups excluding carboxylic acids is 3. The molecule has 12 heteroatoms. The molecule has 35 heavy (non-hydrogen) atoms. The van der Waals surface area contributed by atoms with Crippen molar-refractivity contribution in [2.75, 3.05) is 6.54 Å². The summed E-state index contributed by atoms with van der Waals surface area (Å²) in [5.41, 5.74) is 6.59. The minimum atomic E-state index is -1.57. The zero-order valence-electron chi connectivity index (χ0n) is 18.5. The highest BCUT2D eigenvalue weighted by Gasteiger charge is 2.28. The van der Waals surface area contributed by atoms with Crippen LogP contribution in [0.5, 0.6) is 0 Å². The number of carbonyl (C=O) groups is 5. The van der Waals surface area contributed by atoms with Crippen LogP contribution in [0.1, 0.15) is 27.9 Å². The fourth-order valence-corrected chi connectivity index (χ4v) is 3.02. The lowest BCUT2D eigenvalue weighted by atomic mass is 10.1. The lowest BCUT2D eigenvalue weighted by Crippen LogP contribution is -2.54. The number of benzene rings is 2. The second-order valence-electron chi connectivity index (χ2n) is 7.48. The highest BCUT2D eigenvalue weighted by atomic mass is 16.4. The minimum Gasteiger partial charge on any atom is -0.481 e. The molecule has 2 aromatic carbocycles. The van der Waals surface area contributed by atoms with E-state index in [1.807, 2.05) is 0 Å². The summed E-state index contributed by atoms with van der Waals surface area (Å²) >= 11 is 0.